The molecule has 1 fully saturated rings. The van der Waals surface area contributed by atoms with Crippen LogP contribution in [-0.2, 0) is 14.4 Å². The van der Waals surface area contributed by atoms with Gasteiger partial charge in [-0.1, -0.05) is 18.2 Å². The summed E-state index contributed by atoms with van der Waals surface area (Å²) >= 11 is 0. The van der Waals surface area contributed by atoms with Crippen LogP contribution in [0.15, 0.2) is 36.5 Å². The first-order valence-corrected chi connectivity index (χ1v) is 11.7. The minimum atomic E-state index is -1.23. The number of hydrogen-bond donors (Lipinski definition) is 5. The zero-order valence-corrected chi connectivity index (χ0v) is 19.8. The van der Waals surface area contributed by atoms with Gasteiger partial charge in [0.25, 0.3) is 5.91 Å². The molecule has 1 saturated heterocycles. The van der Waals surface area contributed by atoms with Gasteiger partial charge < -0.3 is 26.6 Å². The number of rotatable bonds is 11. The Morgan fingerprint density at radius 2 is 2.00 bits per heavy atom. The minimum Gasteiger partial charge on any atom is -0.370 e. The number of pyridine rings is 1. The Hall–Kier alpha value is -4.09. The van der Waals surface area contributed by atoms with Gasteiger partial charge in [-0.25, -0.2) is 4.39 Å². The van der Waals surface area contributed by atoms with Crippen LogP contribution < -0.4 is 21.7 Å². The summed E-state index contributed by atoms with van der Waals surface area (Å²) in [6.45, 7) is -0.913. The average molecular weight is 500 g/mol. The molecule has 1 aliphatic rings. The minimum absolute atomic E-state index is 0.158. The second kappa shape index (κ2) is 12.6. The van der Waals surface area contributed by atoms with Crippen molar-refractivity contribution in [3.63, 3.8) is 0 Å². The zero-order chi connectivity index (χ0) is 26.1. The van der Waals surface area contributed by atoms with Crippen LogP contribution in [0.2, 0.25) is 0 Å². The van der Waals surface area contributed by atoms with Gasteiger partial charge in [0.1, 0.15) is 12.7 Å². The molecule has 2 aromatic rings. The summed E-state index contributed by atoms with van der Waals surface area (Å²) in [7, 11) is 0. The van der Waals surface area contributed by atoms with E-state index in [1.54, 1.807) is 6.07 Å². The number of carbonyl (C=O) groups is 4. The first-order chi connectivity index (χ1) is 17.3. The van der Waals surface area contributed by atoms with Gasteiger partial charge in [0.05, 0.1) is 23.7 Å². The summed E-state index contributed by atoms with van der Waals surface area (Å²) in [5.41, 5.74) is 6.26. The van der Waals surface area contributed by atoms with Gasteiger partial charge in [-0.3, -0.25) is 29.6 Å². The Morgan fingerprint density at radius 1 is 1.22 bits per heavy atom. The third-order valence-electron chi connectivity index (χ3n) is 5.95. The Balaban J connectivity index is 1.55. The Bertz CT molecular complexity index is 1140. The highest BCUT2D eigenvalue weighted by atomic mass is 19.1. The summed E-state index contributed by atoms with van der Waals surface area (Å²) in [4.78, 5) is 55.8. The lowest BCUT2D eigenvalue weighted by Crippen LogP contribution is -2.52. The van der Waals surface area contributed by atoms with Gasteiger partial charge in [-0.05, 0) is 37.8 Å². The van der Waals surface area contributed by atoms with Crippen molar-refractivity contribution >= 4 is 40.4 Å². The summed E-state index contributed by atoms with van der Waals surface area (Å²) in [6.07, 6.45) is 2.94. The number of nitrogens with zero attached hydrogens (tertiary/aromatic N) is 2. The second-order valence-electron chi connectivity index (χ2n) is 8.49. The van der Waals surface area contributed by atoms with Gasteiger partial charge in [0.2, 0.25) is 11.8 Å². The van der Waals surface area contributed by atoms with Crippen LogP contribution >= 0.6 is 0 Å². The number of hydrogen-bond acceptors (Lipinski definition) is 6. The predicted molar refractivity (Wildman–Crippen MR) is 131 cm³/mol. The standard InChI is InChI=1S/C24H30FN7O4/c25-12-20(33)18(7-3-9-28-24(26)27)31-23(36)19-8-4-10-32(19)21(34)14-30-22(35)16-11-15-5-1-2-6-17(15)29-13-16/h1-2,5-6,11,13,18-19H,3-4,7-10,12,14H2,(H,30,35)(H,31,36)(H4,26,27,28)/t18-,19-/m0/s1. The summed E-state index contributed by atoms with van der Waals surface area (Å²) in [6, 6.07) is 7.16. The van der Waals surface area contributed by atoms with Gasteiger partial charge in [0.15, 0.2) is 11.7 Å². The maximum Gasteiger partial charge on any atom is 0.253 e. The number of benzene rings is 1. The Labute approximate surface area is 207 Å². The number of likely N-dealkylation sites (tertiary alicyclic amines) is 1. The van der Waals surface area contributed by atoms with E-state index in [2.05, 4.69) is 20.9 Å². The van der Waals surface area contributed by atoms with Crippen molar-refractivity contribution in [1.82, 2.24) is 25.8 Å². The van der Waals surface area contributed by atoms with E-state index in [-0.39, 0.29) is 18.9 Å². The molecule has 0 radical (unpaired) electrons. The lowest BCUT2D eigenvalue weighted by atomic mass is 10.1. The highest BCUT2D eigenvalue weighted by molar-refractivity contribution is 5.99. The first-order valence-electron chi connectivity index (χ1n) is 11.7. The van der Waals surface area contributed by atoms with Crippen LogP contribution in [0.4, 0.5) is 4.39 Å². The molecule has 12 heteroatoms. The fraction of sp³-hybridized carbons (Fsp3) is 0.417. The van der Waals surface area contributed by atoms with Crippen molar-refractivity contribution in [2.75, 3.05) is 26.3 Å². The number of guanidine groups is 1. The molecule has 0 unspecified atom stereocenters. The topological polar surface area (TPSA) is 170 Å². The molecule has 3 rings (SSSR count). The van der Waals surface area contributed by atoms with Gasteiger partial charge in [-0.15, -0.1) is 0 Å². The van der Waals surface area contributed by atoms with Crippen LogP contribution in [0.1, 0.15) is 36.0 Å². The van der Waals surface area contributed by atoms with Crippen LogP contribution in [0, 0.1) is 5.41 Å². The molecular weight excluding hydrogens is 469 g/mol. The SMILES string of the molecule is N=C(N)NCCC[C@H](NC(=O)[C@@H]1CCCN1C(=O)CNC(=O)c1cnc2ccccc2c1)C(=O)CF. The van der Waals surface area contributed by atoms with Crippen molar-refractivity contribution in [1.29, 1.82) is 5.41 Å². The molecule has 11 nitrogen and oxygen atoms in total. The third kappa shape index (κ3) is 6.96. The molecule has 192 valence electrons. The molecule has 1 aliphatic heterocycles. The monoisotopic (exact) mass is 499 g/mol. The molecule has 0 spiro atoms. The van der Waals surface area contributed by atoms with Crippen LogP contribution in [0.5, 0.6) is 0 Å². The summed E-state index contributed by atoms with van der Waals surface area (Å²) < 4.78 is 13.0. The van der Waals surface area contributed by atoms with Crippen molar-refractivity contribution in [3.8, 4) is 0 Å². The maximum atomic E-state index is 13.0. The number of halogens is 1. The fourth-order valence-corrected chi connectivity index (χ4v) is 4.10. The van der Waals surface area contributed by atoms with E-state index in [4.69, 9.17) is 11.1 Å². The largest absolute Gasteiger partial charge is 0.370 e. The van der Waals surface area contributed by atoms with E-state index in [1.165, 1.54) is 11.1 Å². The number of para-hydroxylation sites is 1. The smallest absolute Gasteiger partial charge is 0.253 e. The average Bonchev–Trinajstić information content (AvgIpc) is 3.38. The van der Waals surface area contributed by atoms with Crippen molar-refractivity contribution in [2.45, 2.75) is 37.8 Å². The number of ketones is 1. The molecule has 3 amide bonds. The molecule has 0 saturated carbocycles. The lowest BCUT2D eigenvalue weighted by Gasteiger charge is -2.26. The molecule has 1 aromatic heterocycles. The van der Waals surface area contributed by atoms with E-state index >= 15 is 0 Å². The van der Waals surface area contributed by atoms with Crippen LogP contribution in [0.3, 0.4) is 0 Å². The van der Waals surface area contributed by atoms with Gasteiger partial charge in [0, 0.05) is 24.7 Å². The number of carbonyl (C=O) groups excluding carboxylic acids is 4. The number of amides is 3. The molecule has 6 N–H and O–H groups in total. The van der Waals surface area contributed by atoms with E-state index < -0.39 is 42.3 Å². The molecule has 36 heavy (non-hydrogen) atoms. The number of nitrogens with two attached hydrogens (primary N) is 1. The van der Waals surface area contributed by atoms with Crippen molar-refractivity contribution in [2.24, 2.45) is 5.73 Å². The van der Waals surface area contributed by atoms with Crippen LogP contribution in [-0.4, -0.2) is 77.7 Å². The molecule has 1 aromatic carbocycles. The molecular formula is C24H30FN7O4. The second-order valence-corrected chi connectivity index (χ2v) is 8.49. The Morgan fingerprint density at radius 3 is 2.75 bits per heavy atom. The van der Waals surface area contributed by atoms with Gasteiger partial charge in [-0.2, -0.15) is 0 Å². The first kappa shape index (κ1) is 26.5. The predicted octanol–water partition coefficient (Wildman–Crippen LogP) is 0.242. The molecule has 0 aliphatic carbocycles. The number of nitrogens with one attached hydrogen (secondary N) is 4. The van der Waals surface area contributed by atoms with E-state index in [9.17, 15) is 23.6 Å². The summed E-state index contributed by atoms with van der Waals surface area (Å²) in [5, 5.41) is 15.6. The molecule has 2 heterocycles. The number of Topliss-reactive ketones (excluding diaryl/α,β-unsaturated/α-hetero) is 1. The van der Waals surface area contributed by atoms with Crippen molar-refractivity contribution < 1.29 is 23.6 Å². The zero-order valence-electron chi connectivity index (χ0n) is 19.8. The normalized spacial score (nSPS) is 15.8. The van der Waals surface area contributed by atoms with Crippen LogP contribution in [0.25, 0.3) is 10.9 Å². The number of aromatic nitrogens is 1. The highest BCUT2D eigenvalue weighted by Crippen LogP contribution is 2.18. The lowest BCUT2D eigenvalue weighted by molar-refractivity contribution is -0.138. The van der Waals surface area contributed by atoms with E-state index in [0.717, 1.165) is 10.9 Å². The Kier molecular flexibility index (Phi) is 9.25. The fourth-order valence-electron chi connectivity index (χ4n) is 4.10. The van der Waals surface area contributed by atoms with E-state index in [0.29, 0.717) is 37.9 Å². The van der Waals surface area contributed by atoms with Gasteiger partial charge >= 0.3 is 0 Å². The highest BCUT2D eigenvalue weighted by Gasteiger charge is 2.35. The quantitative estimate of drug-likeness (QED) is 0.167. The third-order valence-corrected chi connectivity index (χ3v) is 5.95. The molecule has 2 atom stereocenters. The van der Waals surface area contributed by atoms with E-state index in [1.807, 2.05) is 24.3 Å². The number of alkyl halides is 1. The number of fused-ring (bicyclic) bond motifs is 1. The molecule has 0 bridgehead atoms. The maximum absolute atomic E-state index is 13.0. The van der Waals surface area contributed by atoms with Crippen molar-refractivity contribution in [3.05, 3.63) is 42.1 Å². The summed E-state index contributed by atoms with van der Waals surface area (Å²) in [5.74, 6) is -2.43.